The summed E-state index contributed by atoms with van der Waals surface area (Å²) in [7, 11) is 4.02. The third-order valence-electron chi connectivity index (χ3n) is 3.30. The fourth-order valence-corrected chi connectivity index (χ4v) is 2.14. The zero-order valence-electron chi connectivity index (χ0n) is 12.4. The summed E-state index contributed by atoms with van der Waals surface area (Å²) in [5, 5.41) is 8.66. The second-order valence-corrected chi connectivity index (χ2v) is 5.06. The predicted molar refractivity (Wildman–Crippen MR) is 84.9 cm³/mol. The van der Waals surface area contributed by atoms with E-state index in [9.17, 15) is 0 Å². The van der Waals surface area contributed by atoms with Crippen LogP contribution < -0.4 is 4.90 Å². The van der Waals surface area contributed by atoms with Crippen LogP contribution in [0.2, 0.25) is 0 Å². The SMILES string of the molecule is Cc1nc2ccccn2c1N=Nc1ccc(N(C)C)cc1. The molecule has 1 aromatic carbocycles. The topological polar surface area (TPSA) is 45.3 Å². The van der Waals surface area contributed by atoms with Gasteiger partial charge in [0.2, 0.25) is 0 Å². The van der Waals surface area contributed by atoms with Gasteiger partial charge in [-0.1, -0.05) is 6.07 Å². The van der Waals surface area contributed by atoms with Crippen LogP contribution in [0.15, 0.2) is 58.9 Å². The van der Waals surface area contributed by atoms with Crippen LogP contribution in [0.1, 0.15) is 5.69 Å². The molecular weight excluding hydrogens is 262 g/mol. The van der Waals surface area contributed by atoms with E-state index in [0.717, 1.165) is 28.5 Å². The first-order valence-corrected chi connectivity index (χ1v) is 6.78. The molecule has 0 fully saturated rings. The standard InChI is InChI=1S/C16H17N5/c1-12-16(21-11-5-4-6-15(21)17-12)19-18-13-7-9-14(10-8-13)20(2)3/h4-11H,1-3H3. The number of imidazole rings is 1. The van der Waals surface area contributed by atoms with Gasteiger partial charge in [-0.3, -0.25) is 4.40 Å². The summed E-state index contributed by atoms with van der Waals surface area (Å²) in [6.07, 6.45) is 1.94. The van der Waals surface area contributed by atoms with E-state index in [1.165, 1.54) is 0 Å². The van der Waals surface area contributed by atoms with Crippen molar-refractivity contribution in [3.05, 3.63) is 54.4 Å². The lowest BCUT2D eigenvalue weighted by Crippen LogP contribution is -2.07. The van der Waals surface area contributed by atoms with Crippen molar-refractivity contribution in [2.75, 3.05) is 19.0 Å². The Balaban J connectivity index is 1.92. The van der Waals surface area contributed by atoms with E-state index in [1.54, 1.807) is 0 Å². The summed E-state index contributed by atoms with van der Waals surface area (Å²) in [4.78, 5) is 6.52. The van der Waals surface area contributed by atoms with Crippen LogP contribution in [0.25, 0.3) is 5.65 Å². The highest BCUT2D eigenvalue weighted by Crippen LogP contribution is 2.24. The molecule has 0 N–H and O–H groups in total. The Bertz CT molecular complexity index is 784. The lowest BCUT2D eigenvalue weighted by molar-refractivity contribution is 1.09. The lowest BCUT2D eigenvalue weighted by atomic mass is 10.3. The van der Waals surface area contributed by atoms with Gasteiger partial charge in [0, 0.05) is 26.0 Å². The maximum Gasteiger partial charge on any atom is 0.182 e. The molecular formula is C16H17N5. The van der Waals surface area contributed by atoms with Crippen LogP contribution in [0, 0.1) is 6.92 Å². The zero-order valence-corrected chi connectivity index (χ0v) is 12.4. The molecule has 0 saturated heterocycles. The minimum absolute atomic E-state index is 0.766. The Hall–Kier alpha value is -2.69. The number of nitrogens with zero attached hydrogens (tertiary/aromatic N) is 5. The monoisotopic (exact) mass is 279 g/mol. The first-order valence-electron chi connectivity index (χ1n) is 6.78. The van der Waals surface area contributed by atoms with Gasteiger partial charge in [0.25, 0.3) is 0 Å². The molecule has 0 spiro atoms. The molecule has 0 unspecified atom stereocenters. The highest BCUT2D eigenvalue weighted by atomic mass is 15.2. The molecule has 0 aliphatic rings. The Labute approximate surface area is 123 Å². The fourth-order valence-electron chi connectivity index (χ4n) is 2.14. The molecule has 0 radical (unpaired) electrons. The Morgan fingerprint density at radius 2 is 1.76 bits per heavy atom. The van der Waals surface area contributed by atoms with Crippen LogP contribution in [-0.2, 0) is 0 Å². The molecule has 3 aromatic rings. The highest BCUT2D eigenvalue weighted by Gasteiger charge is 2.06. The van der Waals surface area contributed by atoms with Crippen LogP contribution in [0.3, 0.4) is 0 Å². The fraction of sp³-hybridized carbons (Fsp3) is 0.188. The van der Waals surface area contributed by atoms with Crippen molar-refractivity contribution in [1.29, 1.82) is 0 Å². The highest BCUT2D eigenvalue weighted by molar-refractivity contribution is 5.53. The van der Waals surface area contributed by atoms with Crippen molar-refractivity contribution in [1.82, 2.24) is 9.38 Å². The summed E-state index contributed by atoms with van der Waals surface area (Å²) in [5.74, 6) is 0.766. The molecule has 0 bridgehead atoms. The molecule has 2 heterocycles. The van der Waals surface area contributed by atoms with Crippen molar-refractivity contribution >= 4 is 22.8 Å². The molecule has 2 aromatic heterocycles. The number of hydrogen-bond donors (Lipinski definition) is 0. The number of rotatable bonds is 3. The third kappa shape index (κ3) is 2.63. The summed E-state index contributed by atoms with van der Waals surface area (Å²) in [5.41, 5.74) is 3.72. The van der Waals surface area contributed by atoms with Crippen LogP contribution in [-0.4, -0.2) is 23.5 Å². The molecule has 106 valence electrons. The lowest BCUT2D eigenvalue weighted by Gasteiger charge is -2.11. The van der Waals surface area contributed by atoms with E-state index in [1.807, 2.05) is 74.1 Å². The van der Waals surface area contributed by atoms with Crippen molar-refractivity contribution in [3.63, 3.8) is 0 Å². The second kappa shape index (κ2) is 5.36. The quantitative estimate of drug-likeness (QED) is 0.677. The molecule has 21 heavy (non-hydrogen) atoms. The molecule has 0 aliphatic heterocycles. The van der Waals surface area contributed by atoms with E-state index in [4.69, 9.17) is 0 Å². The number of hydrogen-bond acceptors (Lipinski definition) is 4. The number of aromatic nitrogens is 2. The third-order valence-corrected chi connectivity index (χ3v) is 3.30. The van der Waals surface area contributed by atoms with Crippen molar-refractivity contribution < 1.29 is 0 Å². The van der Waals surface area contributed by atoms with Gasteiger partial charge in [0.15, 0.2) is 5.82 Å². The Morgan fingerprint density at radius 3 is 2.48 bits per heavy atom. The van der Waals surface area contributed by atoms with Gasteiger partial charge in [-0.05, 0) is 43.3 Å². The average molecular weight is 279 g/mol. The summed E-state index contributed by atoms with van der Waals surface area (Å²) in [6, 6.07) is 13.8. The van der Waals surface area contributed by atoms with Gasteiger partial charge in [-0.2, -0.15) is 0 Å². The molecule has 0 saturated carbocycles. The molecule has 0 aliphatic carbocycles. The van der Waals surface area contributed by atoms with Crippen LogP contribution >= 0.6 is 0 Å². The maximum absolute atomic E-state index is 4.47. The minimum atomic E-state index is 0.766. The largest absolute Gasteiger partial charge is 0.378 e. The van der Waals surface area contributed by atoms with Gasteiger partial charge in [0.1, 0.15) is 5.65 Å². The summed E-state index contributed by atoms with van der Waals surface area (Å²) >= 11 is 0. The number of anilines is 1. The van der Waals surface area contributed by atoms with Gasteiger partial charge in [-0.25, -0.2) is 4.98 Å². The number of pyridine rings is 1. The molecule has 0 atom stereocenters. The number of aryl methyl sites for hydroxylation is 1. The molecule has 0 amide bonds. The van der Waals surface area contributed by atoms with E-state index in [0.29, 0.717) is 0 Å². The van der Waals surface area contributed by atoms with E-state index < -0.39 is 0 Å². The smallest absolute Gasteiger partial charge is 0.182 e. The average Bonchev–Trinajstić information content (AvgIpc) is 2.81. The normalized spacial score (nSPS) is 11.4. The minimum Gasteiger partial charge on any atom is -0.378 e. The number of fused-ring (bicyclic) bond motifs is 1. The number of azo groups is 1. The Kier molecular flexibility index (Phi) is 3.39. The van der Waals surface area contributed by atoms with Crippen molar-refractivity contribution in [3.8, 4) is 0 Å². The molecule has 5 heteroatoms. The van der Waals surface area contributed by atoms with E-state index in [2.05, 4.69) is 20.1 Å². The first kappa shape index (κ1) is 13.3. The van der Waals surface area contributed by atoms with Gasteiger partial charge in [0.05, 0.1) is 11.4 Å². The number of benzene rings is 1. The maximum atomic E-state index is 4.47. The van der Waals surface area contributed by atoms with E-state index in [-0.39, 0.29) is 0 Å². The predicted octanol–water partition coefficient (Wildman–Crippen LogP) is 4.12. The van der Waals surface area contributed by atoms with Crippen molar-refractivity contribution in [2.45, 2.75) is 6.92 Å². The van der Waals surface area contributed by atoms with Crippen molar-refractivity contribution in [2.24, 2.45) is 10.2 Å². The Morgan fingerprint density at radius 1 is 1.00 bits per heavy atom. The van der Waals surface area contributed by atoms with Crippen LogP contribution in [0.4, 0.5) is 17.2 Å². The second-order valence-electron chi connectivity index (χ2n) is 5.06. The summed E-state index contributed by atoms with van der Waals surface area (Å²) < 4.78 is 1.94. The molecule has 3 rings (SSSR count). The van der Waals surface area contributed by atoms with Gasteiger partial charge >= 0.3 is 0 Å². The van der Waals surface area contributed by atoms with Crippen LogP contribution in [0.5, 0.6) is 0 Å². The van der Waals surface area contributed by atoms with Gasteiger partial charge in [-0.15, -0.1) is 10.2 Å². The molecule has 5 nitrogen and oxygen atoms in total. The zero-order chi connectivity index (χ0) is 14.8. The summed E-state index contributed by atoms with van der Waals surface area (Å²) in [6.45, 7) is 1.94. The van der Waals surface area contributed by atoms with E-state index >= 15 is 0 Å². The van der Waals surface area contributed by atoms with Gasteiger partial charge < -0.3 is 4.90 Å². The first-order chi connectivity index (χ1) is 10.1.